The Labute approximate surface area is 110 Å². The highest BCUT2D eigenvalue weighted by Crippen LogP contribution is 2.44. The summed E-state index contributed by atoms with van der Waals surface area (Å²) in [6.45, 7) is 1.82. The van der Waals surface area contributed by atoms with Gasteiger partial charge in [0, 0.05) is 11.8 Å². The third-order valence-corrected chi connectivity index (χ3v) is 4.43. The van der Waals surface area contributed by atoms with Gasteiger partial charge in [-0.05, 0) is 19.3 Å². The lowest BCUT2D eigenvalue weighted by Crippen LogP contribution is -2.31. The molecule has 2 aliphatic carbocycles. The van der Waals surface area contributed by atoms with E-state index < -0.39 is 17.9 Å². The summed E-state index contributed by atoms with van der Waals surface area (Å²) in [7, 11) is 0. The van der Waals surface area contributed by atoms with Crippen LogP contribution in [0, 0.1) is 23.7 Å². The van der Waals surface area contributed by atoms with Crippen LogP contribution >= 0.6 is 0 Å². The summed E-state index contributed by atoms with van der Waals surface area (Å²) in [6.07, 6.45) is 2.43. The van der Waals surface area contributed by atoms with Crippen LogP contribution in [-0.4, -0.2) is 23.5 Å². The molecule has 0 aromatic carbocycles. The van der Waals surface area contributed by atoms with E-state index in [1.54, 1.807) is 0 Å². The molecule has 0 aromatic heterocycles. The SMILES string of the molecule is CC1=CC(C2CC(=O)OC2=O)CC2C(=O)CC(=O)C12. The zero-order valence-corrected chi connectivity index (χ0v) is 10.5. The van der Waals surface area contributed by atoms with E-state index in [9.17, 15) is 19.2 Å². The number of carbonyl (C=O) groups excluding carboxylic acids is 4. The Morgan fingerprint density at radius 3 is 2.47 bits per heavy atom. The van der Waals surface area contributed by atoms with Crippen molar-refractivity contribution < 1.29 is 23.9 Å². The monoisotopic (exact) mass is 262 g/mol. The molecule has 5 nitrogen and oxygen atoms in total. The topological polar surface area (TPSA) is 77.5 Å². The van der Waals surface area contributed by atoms with E-state index in [0.29, 0.717) is 6.42 Å². The lowest BCUT2D eigenvalue weighted by atomic mass is 9.71. The van der Waals surface area contributed by atoms with Crippen LogP contribution in [0.2, 0.25) is 0 Å². The van der Waals surface area contributed by atoms with Crippen molar-refractivity contribution >= 4 is 23.5 Å². The largest absolute Gasteiger partial charge is 0.393 e. The van der Waals surface area contributed by atoms with E-state index in [4.69, 9.17) is 0 Å². The average molecular weight is 262 g/mol. The number of ketones is 2. The highest BCUT2D eigenvalue weighted by molar-refractivity contribution is 6.10. The fourth-order valence-corrected chi connectivity index (χ4v) is 3.56. The van der Waals surface area contributed by atoms with Gasteiger partial charge >= 0.3 is 11.9 Å². The van der Waals surface area contributed by atoms with Crippen LogP contribution in [0.25, 0.3) is 0 Å². The van der Waals surface area contributed by atoms with E-state index in [-0.39, 0.29) is 42.2 Å². The predicted octanol–water partition coefficient (Wildman–Crippen LogP) is 0.817. The van der Waals surface area contributed by atoms with E-state index in [1.807, 2.05) is 13.0 Å². The summed E-state index contributed by atoms with van der Waals surface area (Å²) in [5, 5.41) is 0. The predicted molar refractivity (Wildman–Crippen MR) is 62.7 cm³/mol. The van der Waals surface area contributed by atoms with Gasteiger partial charge in [-0.15, -0.1) is 0 Å². The maximum absolute atomic E-state index is 11.8. The van der Waals surface area contributed by atoms with E-state index in [0.717, 1.165) is 5.57 Å². The van der Waals surface area contributed by atoms with Crippen molar-refractivity contribution in [2.24, 2.45) is 23.7 Å². The van der Waals surface area contributed by atoms with Crippen LogP contribution < -0.4 is 0 Å². The molecule has 100 valence electrons. The lowest BCUT2D eigenvalue weighted by molar-refractivity contribution is -0.153. The Kier molecular flexibility index (Phi) is 2.66. The van der Waals surface area contributed by atoms with Crippen molar-refractivity contribution in [1.29, 1.82) is 0 Å². The molecule has 0 N–H and O–H groups in total. The van der Waals surface area contributed by atoms with E-state index in [2.05, 4.69) is 4.74 Å². The number of Topliss-reactive ketones (excluding diaryl/α,β-unsaturated/α-hetero) is 2. The second-order valence-electron chi connectivity index (χ2n) is 5.61. The Morgan fingerprint density at radius 1 is 1.11 bits per heavy atom. The molecule has 5 heteroatoms. The third-order valence-electron chi connectivity index (χ3n) is 4.43. The number of fused-ring (bicyclic) bond motifs is 1. The van der Waals surface area contributed by atoms with Gasteiger partial charge in [0.25, 0.3) is 0 Å². The molecule has 0 bridgehead atoms. The molecule has 0 spiro atoms. The minimum absolute atomic E-state index is 0.00127. The molecule has 19 heavy (non-hydrogen) atoms. The third kappa shape index (κ3) is 1.84. The molecule has 0 amide bonds. The Morgan fingerprint density at radius 2 is 1.84 bits per heavy atom. The zero-order chi connectivity index (χ0) is 13.7. The second kappa shape index (κ2) is 4.11. The highest BCUT2D eigenvalue weighted by Gasteiger charge is 2.49. The van der Waals surface area contributed by atoms with Gasteiger partial charge in [-0.3, -0.25) is 19.2 Å². The van der Waals surface area contributed by atoms with Crippen LogP contribution in [0.5, 0.6) is 0 Å². The highest BCUT2D eigenvalue weighted by atomic mass is 16.6. The van der Waals surface area contributed by atoms with Gasteiger partial charge in [0.05, 0.1) is 18.8 Å². The minimum atomic E-state index is -0.505. The molecule has 1 saturated carbocycles. The fraction of sp³-hybridized carbons (Fsp3) is 0.571. The first-order valence-corrected chi connectivity index (χ1v) is 6.45. The molecule has 4 unspecified atom stereocenters. The maximum Gasteiger partial charge on any atom is 0.317 e. The molecule has 3 rings (SSSR count). The van der Waals surface area contributed by atoms with Crippen molar-refractivity contribution in [3.63, 3.8) is 0 Å². The molecular weight excluding hydrogens is 248 g/mol. The van der Waals surface area contributed by atoms with Gasteiger partial charge in [0.1, 0.15) is 11.6 Å². The zero-order valence-electron chi connectivity index (χ0n) is 10.5. The number of carbonyl (C=O) groups is 4. The molecule has 3 aliphatic rings. The number of hydrogen-bond acceptors (Lipinski definition) is 5. The quantitative estimate of drug-likeness (QED) is 0.397. The van der Waals surface area contributed by atoms with Crippen molar-refractivity contribution in [2.75, 3.05) is 0 Å². The minimum Gasteiger partial charge on any atom is -0.393 e. The van der Waals surface area contributed by atoms with Gasteiger partial charge in [-0.1, -0.05) is 11.6 Å². The first kappa shape index (κ1) is 12.3. The normalized spacial score (nSPS) is 38.3. The molecule has 1 saturated heterocycles. The van der Waals surface area contributed by atoms with Gasteiger partial charge in [0.15, 0.2) is 0 Å². The van der Waals surface area contributed by atoms with Crippen LogP contribution in [0.1, 0.15) is 26.2 Å². The summed E-state index contributed by atoms with van der Waals surface area (Å²) >= 11 is 0. The molecule has 0 aromatic rings. The Bertz CT molecular complexity index is 530. The fourth-order valence-electron chi connectivity index (χ4n) is 3.56. The van der Waals surface area contributed by atoms with Crippen molar-refractivity contribution in [2.45, 2.75) is 26.2 Å². The number of ether oxygens (including phenoxy) is 1. The van der Waals surface area contributed by atoms with Crippen LogP contribution in [0.3, 0.4) is 0 Å². The molecule has 4 atom stereocenters. The summed E-state index contributed by atoms with van der Waals surface area (Å²) in [5.74, 6) is -2.35. The molecule has 1 heterocycles. The lowest BCUT2D eigenvalue weighted by Gasteiger charge is -2.30. The average Bonchev–Trinajstić information content (AvgIpc) is 2.80. The van der Waals surface area contributed by atoms with Gasteiger partial charge in [-0.25, -0.2) is 0 Å². The number of allylic oxidation sites excluding steroid dienone is 2. The second-order valence-corrected chi connectivity index (χ2v) is 5.61. The van der Waals surface area contributed by atoms with Crippen molar-refractivity contribution in [1.82, 2.24) is 0 Å². The first-order chi connectivity index (χ1) is 8.97. The number of esters is 2. The van der Waals surface area contributed by atoms with Gasteiger partial charge in [0.2, 0.25) is 0 Å². The van der Waals surface area contributed by atoms with Crippen molar-refractivity contribution in [3.8, 4) is 0 Å². The number of rotatable bonds is 1. The summed E-state index contributed by atoms with van der Waals surface area (Å²) in [5.41, 5.74) is 0.851. The van der Waals surface area contributed by atoms with E-state index in [1.165, 1.54) is 0 Å². The molecule has 1 aliphatic heterocycles. The molecule has 0 radical (unpaired) electrons. The standard InChI is InChI=1S/C14H14O5/c1-6-2-7(8-4-12(17)19-14(8)18)3-9-10(15)5-11(16)13(6)9/h2,7-9,13H,3-5H2,1H3. The number of cyclic esters (lactones) is 2. The van der Waals surface area contributed by atoms with Crippen molar-refractivity contribution in [3.05, 3.63) is 11.6 Å². The molecule has 2 fully saturated rings. The summed E-state index contributed by atoms with van der Waals surface area (Å²) in [6, 6.07) is 0. The van der Waals surface area contributed by atoms with Crippen LogP contribution in [0.15, 0.2) is 11.6 Å². The maximum atomic E-state index is 11.8. The summed E-state index contributed by atoms with van der Waals surface area (Å²) < 4.78 is 4.56. The Balaban J connectivity index is 1.89. The smallest absolute Gasteiger partial charge is 0.317 e. The van der Waals surface area contributed by atoms with E-state index >= 15 is 0 Å². The first-order valence-electron chi connectivity index (χ1n) is 6.45. The van der Waals surface area contributed by atoms with Gasteiger partial charge < -0.3 is 4.74 Å². The number of hydrogen-bond donors (Lipinski definition) is 0. The Hall–Kier alpha value is -1.78. The van der Waals surface area contributed by atoms with Gasteiger partial charge in [-0.2, -0.15) is 0 Å². The molecular formula is C14H14O5. The summed E-state index contributed by atoms with van der Waals surface area (Å²) in [4.78, 5) is 46.4. The van der Waals surface area contributed by atoms with Crippen LogP contribution in [-0.2, 0) is 23.9 Å². The van der Waals surface area contributed by atoms with Crippen LogP contribution in [0.4, 0.5) is 0 Å².